The van der Waals surface area contributed by atoms with Gasteiger partial charge in [0, 0.05) is 11.3 Å². The Morgan fingerprint density at radius 3 is 2.67 bits per heavy atom. The second-order valence-corrected chi connectivity index (χ2v) is 5.72. The van der Waals surface area contributed by atoms with Crippen molar-refractivity contribution in [2.45, 2.75) is 39.0 Å². The minimum atomic E-state index is 0.393. The summed E-state index contributed by atoms with van der Waals surface area (Å²) < 4.78 is 5.40. The minimum Gasteiger partial charge on any atom is -0.496 e. The summed E-state index contributed by atoms with van der Waals surface area (Å²) >= 11 is 0. The van der Waals surface area contributed by atoms with Gasteiger partial charge < -0.3 is 10.5 Å². The van der Waals surface area contributed by atoms with Gasteiger partial charge >= 0.3 is 0 Å². The van der Waals surface area contributed by atoms with Crippen LogP contribution in [-0.2, 0) is 0 Å². The van der Waals surface area contributed by atoms with E-state index in [0.29, 0.717) is 5.41 Å². The fourth-order valence-electron chi connectivity index (χ4n) is 3.11. The number of ether oxygens (including phenoxy) is 1. The molecule has 2 N–H and O–H groups in total. The maximum Gasteiger partial charge on any atom is 0.128 e. The molecule has 0 radical (unpaired) electrons. The molecule has 1 saturated carbocycles. The summed E-state index contributed by atoms with van der Waals surface area (Å²) in [5, 5.41) is 0. The SMILES string of the molecule is C=C(CC1(C)CCCC1)c1c(N)cccc1OC. The van der Waals surface area contributed by atoms with Crippen LogP contribution in [0.15, 0.2) is 24.8 Å². The van der Waals surface area contributed by atoms with E-state index in [1.807, 2.05) is 18.2 Å². The van der Waals surface area contributed by atoms with Gasteiger partial charge in [-0.15, -0.1) is 0 Å². The Morgan fingerprint density at radius 1 is 1.39 bits per heavy atom. The van der Waals surface area contributed by atoms with Gasteiger partial charge in [-0.1, -0.05) is 32.4 Å². The van der Waals surface area contributed by atoms with Crippen LogP contribution in [0.1, 0.15) is 44.6 Å². The molecule has 0 atom stereocenters. The summed E-state index contributed by atoms with van der Waals surface area (Å²) in [4.78, 5) is 0. The molecule has 0 unspecified atom stereocenters. The van der Waals surface area contributed by atoms with Crippen LogP contribution in [0.2, 0.25) is 0 Å². The lowest BCUT2D eigenvalue weighted by Crippen LogP contribution is -2.12. The molecule has 2 heteroatoms. The molecule has 0 aromatic heterocycles. The summed E-state index contributed by atoms with van der Waals surface area (Å²) in [5.41, 5.74) is 9.33. The number of nitrogen functional groups attached to an aromatic ring is 1. The van der Waals surface area contributed by atoms with Crippen LogP contribution >= 0.6 is 0 Å². The second-order valence-electron chi connectivity index (χ2n) is 5.72. The first-order valence-corrected chi connectivity index (χ1v) is 6.66. The molecule has 1 aromatic rings. The Labute approximate surface area is 110 Å². The third-order valence-electron chi connectivity index (χ3n) is 4.08. The van der Waals surface area contributed by atoms with Crippen LogP contribution in [0.5, 0.6) is 5.75 Å². The van der Waals surface area contributed by atoms with Gasteiger partial charge in [-0.3, -0.25) is 0 Å². The highest BCUT2D eigenvalue weighted by Gasteiger charge is 2.30. The van der Waals surface area contributed by atoms with Gasteiger partial charge in [0.05, 0.1) is 7.11 Å². The van der Waals surface area contributed by atoms with Crippen LogP contribution in [0.3, 0.4) is 0 Å². The third kappa shape index (κ3) is 2.53. The Bertz CT molecular complexity index is 444. The van der Waals surface area contributed by atoms with Gasteiger partial charge in [-0.25, -0.2) is 0 Å². The van der Waals surface area contributed by atoms with Gasteiger partial charge in [-0.05, 0) is 42.4 Å². The van der Waals surface area contributed by atoms with E-state index in [1.165, 1.54) is 25.7 Å². The normalized spacial score (nSPS) is 17.7. The maximum atomic E-state index is 6.07. The molecular formula is C16H23NO. The first-order valence-electron chi connectivity index (χ1n) is 6.66. The number of benzene rings is 1. The van der Waals surface area contributed by atoms with Gasteiger partial charge in [0.25, 0.3) is 0 Å². The Balaban J connectivity index is 2.23. The van der Waals surface area contributed by atoms with Crippen molar-refractivity contribution in [3.63, 3.8) is 0 Å². The molecule has 18 heavy (non-hydrogen) atoms. The average Bonchev–Trinajstić information content (AvgIpc) is 2.75. The van der Waals surface area contributed by atoms with Crippen molar-refractivity contribution in [1.29, 1.82) is 0 Å². The zero-order valence-electron chi connectivity index (χ0n) is 11.5. The van der Waals surface area contributed by atoms with E-state index in [2.05, 4.69) is 13.5 Å². The van der Waals surface area contributed by atoms with E-state index >= 15 is 0 Å². The summed E-state index contributed by atoms with van der Waals surface area (Å²) in [5.74, 6) is 0.835. The fraction of sp³-hybridized carbons (Fsp3) is 0.500. The van der Waals surface area contributed by atoms with Crippen LogP contribution in [-0.4, -0.2) is 7.11 Å². The number of methoxy groups -OCH3 is 1. The summed E-state index contributed by atoms with van der Waals surface area (Å²) in [6.07, 6.45) is 6.27. The predicted molar refractivity (Wildman–Crippen MR) is 77.6 cm³/mol. The van der Waals surface area contributed by atoms with Crippen molar-refractivity contribution >= 4 is 11.3 Å². The highest BCUT2D eigenvalue weighted by molar-refractivity contribution is 5.78. The lowest BCUT2D eigenvalue weighted by molar-refractivity contribution is 0.347. The molecule has 0 spiro atoms. The fourth-order valence-corrected chi connectivity index (χ4v) is 3.11. The molecule has 2 nitrogen and oxygen atoms in total. The van der Waals surface area contributed by atoms with Crippen LogP contribution < -0.4 is 10.5 Å². The molecule has 1 aromatic carbocycles. The number of rotatable bonds is 4. The van der Waals surface area contributed by atoms with Crippen LogP contribution in [0.4, 0.5) is 5.69 Å². The first kappa shape index (κ1) is 13.0. The quantitative estimate of drug-likeness (QED) is 0.804. The second kappa shape index (κ2) is 5.05. The number of allylic oxidation sites excluding steroid dienone is 1. The van der Waals surface area contributed by atoms with Crippen molar-refractivity contribution in [2.75, 3.05) is 12.8 Å². The van der Waals surface area contributed by atoms with Gasteiger partial charge in [0.15, 0.2) is 0 Å². The lowest BCUT2D eigenvalue weighted by Gasteiger charge is -2.25. The highest BCUT2D eigenvalue weighted by Crippen LogP contribution is 2.46. The summed E-state index contributed by atoms with van der Waals surface area (Å²) in [6.45, 7) is 6.60. The molecule has 0 bridgehead atoms. The third-order valence-corrected chi connectivity index (χ3v) is 4.08. The molecule has 0 heterocycles. The summed E-state index contributed by atoms with van der Waals surface area (Å²) in [6, 6.07) is 5.79. The monoisotopic (exact) mass is 245 g/mol. The molecule has 0 saturated heterocycles. The van der Waals surface area contributed by atoms with Gasteiger partial charge in [0.2, 0.25) is 0 Å². The van der Waals surface area contributed by atoms with E-state index in [4.69, 9.17) is 10.5 Å². The van der Waals surface area contributed by atoms with Crippen molar-refractivity contribution < 1.29 is 4.74 Å². The van der Waals surface area contributed by atoms with E-state index in [-0.39, 0.29) is 0 Å². The average molecular weight is 245 g/mol. The van der Waals surface area contributed by atoms with E-state index in [1.54, 1.807) is 7.11 Å². The van der Waals surface area contributed by atoms with Crippen molar-refractivity contribution in [3.8, 4) is 5.75 Å². The largest absolute Gasteiger partial charge is 0.496 e. The summed E-state index contributed by atoms with van der Waals surface area (Å²) in [7, 11) is 1.68. The smallest absolute Gasteiger partial charge is 0.128 e. The first-order chi connectivity index (χ1) is 8.56. The zero-order chi connectivity index (χ0) is 13.2. The lowest BCUT2D eigenvalue weighted by atomic mass is 9.80. The molecule has 98 valence electrons. The number of hydrogen-bond acceptors (Lipinski definition) is 2. The van der Waals surface area contributed by atoms with Gasteiger partial charge in [-0.2, -0.15) is 0 Å². The van der Waals surface area contributed by atoms with Crippen LogP contribution in [0.25, 0.3) is 5.57 Å². The van der Waals surface area contributed by atoms with E-state index < -0.39 is 0 Å². The maximum absolute atomic E-state index is 6.07. The molecular weight excluding hydrogens is 222 g/mol. The molecule has 1 fully saturated rings. The zero-order valence-corrected chi connectivity index (χ0v) is 11.5. The Morgan fingerprint density at radius 2 is 2.06 bits per heavy atom. The topological polar surface area (TPSA) is 35.2 Å². The molecule has 1 aliphatic rings. The standard InChI is InChI=1S/C16H23NO/c1-12(11-16(2)9-4-5-10-16)15-13(17)7-6-8-14(15)18-3/h6-8H,1,4-5,9-11,17H2,2-3H3. The van der Waals surface area contributed by atoms with Crippen molar-refractivity contribution in [3.05, 3.63) is 30.3 Å². The molecule has 0 amide bonds. The van der Waals surface area contributed by atoms with E-state index in [9.17, 15) is 0 Å². The molecule has 2 rings (SSSR count). The molecule has 1 aliphatic carbocycles. The van der Waals surface area contributed by atoms with Crippen LogP contribution in [0, 0.1) is 5.41 Å². The molecule has 0 aliphatic heterocycles. The number of hydrogen-bond donors (Lipinski definition) is 1. The number of anilines is 1. The number of nitrogens with two attached hydrogens (primary N) is 1. The van der Waals surface area contributed by atoms with Crippen molar-refractivity contribution in [1.82, 2.24) is 0 Å². The minimum absolute atomic E-state index is 0.393. The Hall–Kier alpha value is -1.44. The van der Waals surface area contributed by atoms with E-state index in [0.717, 1.165) is 29.0 Å². The van der Waals surface area contributed by atoms with Crippen molar-refractivity contribution in [2.24, 2.45) is 5.41 Å². The highest BCUT2D eigenvalue weighted by atomic mass is 16.5. The predicted octanol–water partition coefficient (Wildman–Crippen LogP) is 4.26. The Kier molecular flexibility index (Phi) is 3.65. The van der Waals surface area contributed by atoms with Gasteiger partial charge in [0.1, 0.15) is 5.75 Å².